The maximum Gasteiger partial charge on any atom is 0.392 e. The summed E-state index contributed by atoms with van der Waals surface area (Å²) in [6.07, 6.45) is 0. The van der Waals surface area contributed by atoms with Gasteiger partial charge in [0.25, 0.3) is 0 Å². The molecule has 40 valence electrons. The molecule has 0 aliphatic carbocycles. The summed E-state index contributed by atoms with van der Waals surface area (Å²) in [5, 5.41) is 2.34. The number of hydrogen-bond donors (Lipinski definition) is 0. The lowest BCUT2D eigenvalue weighted by atomic mass is 10.8. The van der Waals surface area contributed by atoms with Crippen molar-refractivity contribution in [3.8, 4) is 0 Å². The lowest BCUT2D eigenvalue weighted by molar-refractivity contribution is -0.135. The quantitative estimate of drug-likeness (QED) is 0.337. The summed E-state index contributed by atoms with van der Waals surface area (Å²) < 4.78 is 0. The molecule has 0 N–H and O–H groups in total. The summed E-state index contributed by atoms with van der Waals surface area (Å²) in [5.74, 6) is -0.565. The Morgan fingerprint density at radius 2 is 2.29 bits per heavy atom. The van der Waals surface area contributed by atoms with E-state index < -0.39 is 5.97 Å². The number of nitrogens with zero attached hydrogens (tertiary/aromatic N) is 1. The minimum absolute atomic E-state index is 0. The first kappa shape index (κ1) is 9.35. The van der Waals surface area contributed by atoms with E-state index in [0.717, 1.165) is 0 Å². The van der Waals surface area contributed by atoms with E-state index in [1.165, 1.54) is 6.92 Å². The summed E-state index contributed by atoms with van der Waals surface area (Å²) in [5.41, 5.74) is 0. The molecule has 3 heteroatoms. The van der Waals surface area contributed by atoms with Crippen molar-refractivity contribution >= 4 is 5.97 Å². The summed E-state index contributed by atoms with van der Waals surface area (Å²) in [4.78, 5) is 13.3. The molecule has 0 rings (SSSR count). The molecule has 0 unspecified atom stereocenters. The van der Waals surface area contributed by atoms with E-state index >= 15 is 0 Å². The predicted molar refractivity (Wildman–Crippen MR) is 25.1 cm³/mol. The van der Waals surface area contributed by atoms with Crippen LogP contribution in [0.1, 0.15) is 14.4 Å². The molecule has 0 aromatic carbocycles. The first-order chi connectivity index (χ1) is 2.77. The first-order valence-electron chi connectivity index (χ1n) is 1.31. The van der Waals surface area contributed by atoms with Gasteiger partial charge in [0.1, 0.15) is 0 Å². The number of hydrogen-bond acceptors (Lipinski definition) is 2. The molecule has 0 radical (unpaired) electrons. The van der Waals surface area contributed by atoms with Gasteiger partial charge in [-0.3, -0.25) is 0 Å². The highest BCUT2D eigenvalue weighted by atomic mass is 16.7. The van der Waals surface area contributed by atoms with Crippen LogP contribution in [0, 0.1) is 6.57 Å². The summed E-state index contributed by atoms with van der Waals surface area (Å²) in [6, 6.07) is 0. The van der Waals surface area contributed by atoms with Crippen LogP contribution < -0.4 is 0 Å². The molecule has 3 nitrogen and oxygen atoms in total. The van der Waals surface area contributed by atoms with E-state index in [1.54, 1.807) is 0 Å². The second-order valence-electron chi connectivity index (χ2n) is 0.674. The van der Waals surface area contributed by atoms with E-state index in [1.807, 2.05) is 0 Å². The Labute approximate surface area is 42.7 Å². The van der Waals surface area contributed by atoms with Crippen LogP contribution in [0.2, 0.25) is 0 Å². The average molecular weight is 101 g/mol. The molecule has 0 aromatic rings. The second kappa shape index (κ2) is 4.96. The molecule has 0 aromatic heterocycles. The lowest BCUT2D eigenvalue weighted by Gasteiger charge is -1.68. The highest BCUT2D eigenvalue weighted by molar-refractivity contribution is 5.66. The zero-order valence-corrected chi connectivity index (χ0v) is 3.26. The van der Waals surface area contributed by atoms with Gasteiger partial charge in [0.2, 0.25) is 0 Å². The molecule has 0 bridgehead atoms. The third-order valence-electron chi connectivity index (χ3n) is 0.174. The molecule has 0 spiro atoms. The minimum Gasteiger partial charge on any atom is -0.244 e. The Balaban J connectivity index is 0. The van der Waals surface area contributed by atoms with Gasteiger partial charge >= 0.3 is 5.97 Å². The smallest absolute Gasteiger partial charge is 0.244 e. The molecule has 7 heavy (non-hydrogen) atoms. The summed E-state index contributed by atoms with van der Waals surface area (Å²) in [6.45, 7) is 7.09. The topological polar surface area (TPSA) is 30.7 Å². The Hall–Kier alpha value is -1.04. The van der Waals surface area contributed by atoms with Gasteiger partial charge in [-0.25, -0.2) is 4.79 Å². The molecule has 0 atom stereocenters. The normalized spacial score (nSPS) is 5.14. The third kappa shape index (κ3) is 11.3. The Morgan fingerprint density at radius 3 is 2.29 bits per heavy atom. The van der Waals surface area contributed by atoms with Crippen LogP contribution >= 0.6 is 0 Å². The van der Waals surface area contributed by atoms with Crippen LogP contribution in [0.3, 0.4) is 0 Å². The summed E-state index contributed by atoms with van der Waals surface area (Å²) in [7, 11) is 0. The van der Waals surface area contributed by atoms with Crippen LogP contribution in [0.15, 0.2) is 0 Å². The fourth-order valence-electron chi connectivity index (χ4n) is 0.0643. The van der Waals surface area contributed by atoms with Crippen molar-refractivity contribution in [2.75, 3.05) is 0 Å². The van der Waals surface area contributed by atoms with Crippen LogP contribution in [-0.2, 0) is 9.63 Å². The van der Waals surface area contributed by atoms with Gasteiger partial charge in [-0.05, 0) is 5.01 Å². The molecule has 0 heterocycles. The SMILES string of the molecule is C.[C-]#[N+]OC(C)=O. The van der Waals surface area contributed by atoms with E-state index in [2.05, 4.69) is 9.85 Å². The highest BCUT2D eigenvalue weighted by Gasteiger charge is 1.88. The van der Waals surface area contributed by atoms with Gasteiger partial charge in [0, 0.05) is 6.92 Å². The lowest BCUT2D eigenvalue weighted by Crippen LogP contribution is -1.85. The van der Waals surface area contributed by atoms with E-state index in [9.17, 15) is 4.79 Å². The Bertz CT molecular complexity index is 92.4. The van der Waals surface area contributed by atoms with Crippen LogP contribution in [0.25, 0.3) is 5.01 Å². The Morgan fingerprint density at radius 1 is 1.86 bits per heavy atom. The fourth-order valence-corrected chi connectivity index (χ4v) is 0.0643. The number of carbonyl (C=O) groups excluding carboxylic acids is 1. The maximum atomic E-state index is 9.61. The van der Waals surface area contributed by atoms with Gasteiger partial charge in [0.15, 0.2) is 0 Å². The van der Waals surface area contributed by atoms with Crippen molar-refractivity contribution in [1.82, 2.24) is 0 Å². The molecule has 0 aliphatic heterocycles. The molecule has 0 saturated heterocycles. The monoisotopic (exact) mass is 101 g/mol. The zero-order chi connectivity index (χ0) is 4.99. The van der Waals surface area contributed by atoms with Crippen LogP contribution in [0.5, 0.6) is 0 Å². The second-order valence-corrected chi connectivity index (χ2v) is 0.674. The maximum absolute atomic E-state index is 9.61. The van der Waals surface area contributed by atoms with E-state index in [0.29, 0.717) is 0 Å². The third-order valence-corrected chi connectivity index (χ3v) is 0.174. The molecule has 0 aliphatic rings. The molecular weight excluding hydrogens is 94.0 g/mol. The van der Waals surface area contributed by atoms with Crippen molar-refractivity contribution < 1.29 is 9.63 Å². The average Bonchev–Trinajstić information content (AvgIpc) is 1.35. The molecular formula is C4H7NO2. The van der Waals surface area contributed by atoms with Crippen molar-refractivity contribution in [3.63, 3.8) is 0 Å². The van der Waals surface area contributed by atoms with E-state index in [4.69, 9.17) is 6.57 Å². The largest absolute Gasteiger partial charge is 0.392 e. The summed E-state index contributed by atoms with van der Waals surface area (Å²) >= 11 is 0. The van der Waals surface area contributed by atoms with Gasteiger partial charge in [-0.1, -0.05) is 7.43 Å². The molecule has 0 amide bonds. The van der Waals surface area contributed by atoms with Crippen molar-refractivity contribution in [2.24, 2.45) is 0 Å². The van der Waals surface area contributed by atoms with Crippen molar-refractivity contribution in [2.45, 2.75) is 14.4 Å². The van der Waals surface area contributed by atoms with Crippen molar-refractivity contribution in [1.29, 1.82) is 0 Å². The molecule has 0 saturated carbocycles. The van der Waals surface area contributed by atoms with Gasteiger partial charge in [-0.15, -0.1) is 4.84 Å². The van der Waals surface area contributed by atoms with Crippen LogP contribution in [-0.4, -0.2) is 5.97 Å². The first-order valence-corrected chi connectivity index (χ1v) is 1.31. The standard InChI is InChI=1S/C3H3NO2.CH4/c1-3(5)6-4-2;/h1H3;1H4. The zero-order valence-electron chi connectivity index (χ0n) is 3.26. The van der Waals surface area contributed by atoms with E-state index in [-0.39, 0.29) is 7.43 Å². The number of rotatable bonds is 0. The fraction of sp³-hybridized carbons (Fsp3) is 0.500. The molecule has 0 fully saturated rings. The number of carbonyl (C=O) groups is 1. The Kier molecular flexibility index (Phi) is 6.63. The predicted octanol–water partition coefficient (Wildman–Crippen LogP) is 1.02. The highest BCUT2D eigenvalue weighted by Crippen LogP contribution is 1.70. The van der Waals surface area contributed by atoms with Gasteiger partial charge in [0.05, 0.1) is 0 Å². The van der Waals surface area contributed by atoms with Crippen molar-refractivity contribution in [3.05, 3.63) is 11.6 Å². The van der Waals surface area contributed by atoms with Gasteiger partial charge in [-0.2, -0.15) is 6.57 Å². The van der Waals surface area contributed by atoms with Gasteiger partial charge < -0.3 is 0 Å². The minimum atomic E-state index is -0.565. The van der Waals surface area contributed by atoms with Crippen LogP contribution in [0.4, 0.5) is 0 Å².